The third kappa shape index (κ3) is 5.39. The number of sulfonamides is 1. The summed E-state index contributed by atoms with van der Waals surface area (Å²) in [6.07, 6.45) is 1.58. The SMILES string of the molecule is Cc1cc(NS(=O)(=O)c2ccc(NC(=O)C(=O)NCc3ccccn3)cc2)no1. The van der Waals surface area contributed by atoms with E-state index < -0.39 is 21.8 Å². The Labute approximate surface area is 166 Å². The number of carbonyl (C=O) groups excluding carboxylic acids is 2. The van der Waals surface area contributed by atoms with Gasteiger partial charge in [0.1, 0.15) is 5.76 Å². The summed E-state index contributed by atoms with van der Waals surface area (Å²) in [4.78, 5) is 27.8. The van der Waals surface area contributed by atoms with E-state index in [2.05, 4.69) is 25.5 Å². The van der Waals surface area contributed by atoms with Gasteiger partial charge in [-0.05, 0) is 43.3 Å². The van der Waals surface area contributed by atoms with Crippen LogP contribution in [0.5, 0.6) is 0 Å². The molecule has 0 unspecified atom stereocenters. The van der Waals surface area contributed by atoms with E-state index in [9.17, 15) is 18.0 Å². The van der Waals surface area contributed by atoms with Gasteiger partial charge in [-0.2, -0.15) is 0 Å². The van der Waals surface area contributed by atoms with E-state index in [1.165, 1.54) is 30.3 Å². The van der Waals surface area contributed by atoms with E-state index in [4.69, 9.17) is 4.52 Å². The van der Waals surface area contributed by atoms with E-state index in [0.29, 0.717) is 11.5 Å². The van der Waals surface area contributed by atoms with Crippen molar-refractivity contribution in [3.8, 4) is 0 Å². The largest absolute Gasteiger partial charge is 0.360 e. The van der Waals surface area contributed by atoms with Crippen molar-refractivity contribution in [1.29, 1.82) is 0 Å². The van der Waals surface area contributed by atoms with Gasteiger partial charge in [0.25, 0.3) is 10.0 Å². The number of amides is 2. The minimum absolute atomic E-state index is 0.0456. The summed E-state index contributed by atoms with van der Waals surface area (Å²) in [5.74, 6) is -1.20. The summed E-state index contributed by atoms with van der Waals surface area (Å²) in [6.45, 7) is 1.74. The highest BCUT2D eigenvalue weighted by Crippen LogP contribution is 2.18. The molecule has 0 spiro atoms. The van der Waals surface area contributed by atoms with Gasteiger partial charge in [-0.25, -0.2) is 8.42 Å². The highest BCUT2D eigenvalue weighted by molar-refractivity contribution is 7.92. The first-order valence-corrected chi connectivity index (χ1v) is 9.87. The molecule has 0 aliphatic carbocycles. The maximum atomic E-state index is 12.3. The molecule has 2 heterocycles. The number of rotatable bonds is 6. The van der Waals surface area contributed by atoms with E-state index in [1.54, 1.807) is 31.3 Å². The van der Waals surface area contributed by atoms with Gasteiger partial charge in [0.15, 0.2) is 5.82 Å². The predicted octanol–water partition coefficient (Wildman–Crippen LogP) is 1.43. The van der Waals surface area contributed by atoms with Gasteiger partial charge in [0, 0.05) is 18.0 Å². The fourth-order valence-electron chi connectivity index (χ4n) is 2.27. The first-order chi connectivity index (χ1) is 13.8. The Hall–Kier alpha value is -3.73. The lowest BCUT2D eigenvalue weighted by atomic mass is 10.3. The molecule has 29 heavy (non-hydrogen) atoms. The van der Waals surface area contributed by atoms with Crippen LogP contribution in [0.3, 0.4) is 0 Å². The van der Waals surface area contributed by atoms with Gasteiger partial charge in [0.2, 0.25) is 0 Å². The molecular formula is C18H17N5O5S. The number of anilines is 2. The molecule has 0 aliphatic rings. The van der Waals surface area contributed by atoms with Crippen molar-refractivity contribution in [2.75, 3.05) is 10.0 Å². The number of nitrogens with one attached hydrogen (secondary N) is 3. The van der Waals surface area contributed by atoms with Gasteiger partial charge in [-0.1, -0.05) is 11.2 Å². The van der Waals surface area contributed by atoms with Crippen LogP contribution in [0.25, 0.3) is 0 Å². The fraction of sp³-hybridized carbons (Fsp3) is 0.111. The Bertz CT molecular complexity index is 1110. The molecule has 0 bridgehead atoms. The first-order valence-electron chi connectivity index (χ1n) is 8.39. The van der Waals surface area contributed by atoms with Crippen LogP contribution in [0.4, 0.5) is 11.5 Å². The quantitative estimate of drug-likeness (QED) is 0.517. The number of hydrogen-bond donors (Lipinski definition) is 3. The summed E-state index contributed by atoms with van der Waals surface area (Å²) < 4.78 is 31.7. The lowest BCUT2D eigenvalue weighted by molar-refractivity contribution is -0.136. The summed E-state index contributed by atoms with van der Waals surface area (Å²) in [5, 5.41) is 8.42. The summed E-state index contributed by atoms with van der Waals surface area (Å²) in [7, 11) is -3.87. The van der Waals surface area contributed by atoms with Crippen molar-refractivity contribution in [2.24, 2.45) is 0 Å². The summed E-state index contributed by atoms with van der Waals surface area (Å²) >= 11 is 0. The molecule has 0 fully saturated rings. The molecule has 3 N–H and O–H groups in total. The summed E-state index contributed by atoms with van der Waals surface area (Å²) in [6, 6.07) is 12.0. The van der Waals surface area contributed by atoms with Crippen molar-refractivity contribution >= 4 is 33.3 Å². The van der Waals surface area contributed by atoms with Crippen LogP contribution in [0, 0.1) is 6.92 Å². The van der Waals surface area contributed by atoms with Crippen molar-refractivity contribution in [2.45, 2.75) is 18.4 Å². The summed E-state index contributed by atoms with van der Waals surface area (Å²) in [5.41, 5.74) is 0.872. The van der Waals surface area contributed by atoms with Crippen LogP contribution >= 0.6 is 0 Å². The Morgan fingerprint density at radius 1 is 1.07 bits per heavy atom. The second kappa shape index (κ2) is 8.52. The minimum atomic E-state index is -3.87. The number of carbonyl (C=O) groups is 2. The molecule has 150 valence electrons. The second-order valence-electron chi connectivity index (χ2n) is 5.91. The molecule has 3 rings (SSSR count). The standard InChI is InChI=1S/C18H17N5O5S/c1-12-10-16(22-28-12)23-29(26,27)15-7-5-13(6-8-15)21-18(25)17(24)20-11-14-4-2-3-9-19-14/h2-10H,11H2,1H3,(H,20,24)(H,21,25)(H,22,23). The van der Waals surface area contributed by atoms with Crippen LogP contribution in [-0.4, -0.2) is 30.4 Å². The lowest BCUT2D eigenvalue weighted by Crippen LogP contribution is -2.35. The zero-order valence-electron chi connectivity index (χ0n) is 15.2. The lowest BCUT2D eigenvalue weighted by Gasteiger charge is -2.08. The Balaban J connectivity index is 1.58. The van der Waals surface area contributed by atoms with E-state index >= 15 is 0 Å². The van der Waals surface area contributed by atoms with Crippen LogP contribution in [0.15, 0.2) is 64.1 Å². The highest BCUT2D eigenvalue weighted by atomic mass is 32.2. The van der Waals surface area contributed by atoms with E-state index in [-0.39, 0.29) is 22.9 Å². The van der Waals surface area contributed by atoms with Crippen LogP contribution < -0.4 is 15.4 Å². The molecule has 3 aromatic rings. The van der Waals surface area contributed by atoms with Crippen molar-refractivity contribution in [3.05, 3.63) is 66.2 Å². The molecule has 0 radical (unpaired) electrons. The molecule has 2 aromatic heterocycles. The molecule has 0 saturated carbocycles. The smallest absolute Gasteiger partial charge is 0.313 e. The number of nitrogens with zero attached hydrogens (tertiary/aromatic N) is 2. The van der Waals surface area contributed by atoms with Crippen LogP contribution in [0.1, 0.15) is 11.5 Å². The monoisotopic (exact) mass is 415 g/mol. The second-order valence-corrected chi connectivity index (χ2v) is 7.59. The van der Waals surface area contributed by atoms with Gasteiger partial charge in [-0.15, -0.1) is 0 Å². The van der Waals surface area contributed by atoms with Crippen molar-refractivity contribution in [1.82, 2.24) is 15.5 Å². The normalized spacial score (nSPS) is 10.9. The van der Waals surface area contributed by atoms with Gasteiger partial charge < -0.3 is 15.2 Å². The molecule has 0 saturated heterocycles. The Morgan fingerprint density at radius 3 is 2.45 bits per heavy atom. The Kier molecular flexibility index (Phi) is 5.88. The van der Waals surface area contributed by atoms with Crippen molar-refractivity contribution in [3.63, 3.8) is 0 Å². The number of benzene rings is 1. The average molecular weight is 415 g/mol. The fourth-order valence-corrected chi connectivity index (χ4v) is 3.25. The molecule has 2 amide bonds. The Morgan fingerprint density at radius 2 is 1.83 bits per heavy atom. The third-order valence-electron chi connectivity index (χ3n) is 3.65. The van der Waals surface area contributed by atoms with Crippen LogP contribution in [0.2, 0.25) is 0 Å². The van der Waals surface area contributed by atoms with Gasteiger partial charge in [0.05, 0.1) is 17.1 Å². The molecule has 11 heteroatoms. The minimum Gasteiger partial charge on any atom is -0.360 e. The topological polar surface area (TPSA) is 143 Å². The van der Waals surface area contributed by atoms with E-state index in [1.807, 2.05) is 0 Å². The number of pyridine rings is 1. The molecule has 1 aromatic carbocycles. The molecular weight excluding hydrogens is 398 g/mol. The number of aryl methyl sites for hydroxylation is 1. The van der Waals surface area contributed by atoms with Crippen LogP contribution in [-0.2, 0) is 26.2 Å². The first kappa shape index (κ1) is 20.0. The molecule has 0 aliphatic heterocycles. The predicted molar refractivity (Wildman–Crippen MR) is 103 cm³/mol. The van der Waals surface area contributed by atoms with Gasteiger partial charge >= 0.3 is 11.8 Å². The number of aromatic nitrogens is 2. The van der Waals surface area contributed by atoms with Gasteiger partial charge in [-0.3, -0.25) is 19.3 Å². The molecule has 0 atom stereocenters. The zero-order valence-corrected chi connectivity index (χ0v) is 16.1. The maximum absolute atomic E-state index is 12.3. The van der Waals surface area contributed by atoms with Crippen molar-refractivity contribution < 1.29 is 22.5 Å². The zero-order chi connectivity index (χ0) is 20.9. The number of hydrogen-bond acceptors (Lipinski definition) is 7. The third-order valence-corrected chi connectivity index (χ3v) is 5.02. The maximum Gasteiger partial charge on any atom is 0.313 e. The molecule has 10 nitrogen and oxygen atoms in total. The average Bonchev–Trinajstić information content (AvgIpc) is 3.11. The highest BCUT2D eigenvalue weighted by Gasteiger charge is 2.17. The van der Waals surface area contributed by atoms with E-state index in [0.717, 1.165) is 0 Å².